The number of hydrogen-bond donors (Lipinski definition) is 1. The van der Waals surface area contributed by atoms with E-state index in [-0.39, 0.29) is 24.1 Å². The molecule has 3 atom stereocenters. The first-order valence-electron chi connectivity index (χ1n) is 12.5. The monoisotopic (exact) mass is 495 g/mol. The summed E-state index contributed by atoms with van der Waals surface area (Å²) in [6, 6.07) is 16.3. The Balaban J connectivity index is 1.81. The number of amides is 1. The number of nitrogens with zero attached hydrogens (tertiary/aromatic N) is 3. The van der Waals surface area contributed by atoms with Crippen LogP contribution in [0.2, 0.25) is 0 Å². The SMILES string of the molecule is CC(C)CC1ON(CCc2ccccc2)C(CN(C)C(C=O)Cc2ccc(O)cc2)N(CC=O)C1=O. The number of rotatable bonds is 13. The Bertz CT molecular complexity index is 982. The van der Waals surface area contributed by atoms with E-state index in [1.807, 2.05) is 61.2 Å². The van der Waals surface area contributed by atoms with Crippen molar-refractivity contribution in [1.29, 1.82) is 0 Å². The third-order valence-electron chi connectivity index (χ3n) is 6.49. The second-order valence-corrected chi connectivity index (χ2v) is 9.75. The number of aldehydes is 2. The molecule has 8 heteroatoms. The van der Waals surface area contributed by atoms with E-state index >= 15 is 0 Å². The number of carbonyl (C=O) groups is 3. The topological polar surface area (TPSA) is 90.4 Å². The van der Waals surface area contributed by atoms with Gasteiger partial charge in [-0.2, -0.15) is 5.06 Å². The molecule has 0 spiro atoms. The third-order valence-corrected chi connectivity index (χ3v) is 6.49. The molecule has 194 valence electrons. The Morgan fingerprint density at radius 2 is 1.75 bits per heavy atom. The molecule has 1 N–H and O–H groups in total. The van der Waals surface area contributed by atoms with Crippen molar-refractivity contribution in [2.24, 2.45) is 5.92 Å². The van der Waals surface area contributed by atoms with E-state index in [9.17, 15) is 19.5 Å². The fraction of sp³-hybridized carbons (Fsp3) is 0.464. The van der Waals surface area contributed by atoms with Crippen LogP contribution in [0.15, 0.2) is 54.6 Å². The first kappa shape index (κ1) is 27.5. The van der Waals surface area contributed by atoms with Gasteiger partial charge in [-0.3, -0.25) is 14.5 Å². The number of likely N-dealkylation sites (N-methyl/N-ethyl adjacent to an activating group) is 1. The van der Waals surface area contributed by atoms with Crippen LogP contribution in [-0.4, -0.2) is 83.4 Å². The molecule has 1 heterocycles. The van der Waals surface area contributed by atoms with Crippen LogP contribution in [0.25, 0.3) is 0 Å². The molecule has 1 aliphatic heterocycles. The van der Waals surface area contributed by atoms with E-state index in [0.717, 1.165) is 23.7 Å². The van der Waals surface area contributed by atoms with Crippen molar-refractivity contribution in [3.8, 4) is 5.75 Å². The number of benzene rings is 2. The summed E-state index contributed by atoms with van der Waals surface area (Å²) in [6.45, 7) is 4.88. The molecule has 3 unspecified atom stereocenters. The van der Waals surface area contributed by atoms with E-state index < -0.39 is 18.3 Å². The van der Waals surface area contributed by atoms with Crippen LogP contribution < -0.4 is 0 Å². The molecule has 0 radical (unpaired) electrons. The van der Waals surface area contributed by atoms with Gasteiger partial charge in [-0.15, -0.1) is 0 Å². The maximum Gasteiger partial charge on any atom is 0.255 e. The van der Waals surface area contributed by atoms with Crippen LogP contribution in [0, 0.1) is 5.92 Å². The van der Waals surface area contributed by atoms with Crippen molar-refractivity contribution in [2.75, 3.05) is 26.7 Å². The van der Waals surface area contributed by atoms with Gasteiger partial charge in [-0.05, 0) is 55.5 Å². The summed E-state index contributed by atoms with van der Waals surface area (Å²) in [5.41, 5.74) is 2.06. The average Bonchev–Trinajstić information content (AvgIpc) is 2.87. The molecule has 1 fully saturated rings. The lowest BCUT2D eigenvalue weighted by atomic mass is 10.0. The number of phenols is 1. The molecule has 3 rings (SSSR count). The second-order valence-electron chi connectivity index (χ2n) is 9.75. The number of hydroxylamine groups is 2. The third kappa shape index (κ3) is 7.46. The molecule has 1 aliphatic rings. The zero-order chi connectivity index (χ0) is 26.1. The average molecular weight is 496 g/mol. The first-order valence-corrected chi connectivity index (χ1v) is 12.5. The van der Waals surface area contributed by atoms with Crippen LogP contribution in [0.1, 0.15) is 31.4 Å². The highest BCUT2D eigenvalue weighted by molar-refractivity contribution is 5.83. The van der Waals surface area contributed by atoms with Crippen molar-refractivity contribution in [2.45, 2.75) is 51.4 Å². The predicted octanol–water partition coefficient (Wildman–Crippen LogP) is 2.69. The molecule has 1 amide bonds. The smallest absolute Gasteiger partial charge is 0.255 e. The number of aromatic hydroxyl groups is 1. The maximum atomic E-state index is 13.3. The summed E-state index contributed by atoms with van der Waals surface area (Å²) in [7, 11) is 1.83. The van der Waals surface area contributed by atoms with Gasteiger partial charge in [-0.1, -0.05) is 56.3 Å². The van der Waals surface area contributed by atoms with E-state index in [2.05, 4.69) is 0 Å². The van der Waals surface area contributed by atoms with Gasteiger partial charge in [0, 0.05) is 13.1 Å². The van der Waals surface area contributed by atoms with E-state index in [1.165, 1.54) is 0 Å². The highest BCUT2D eigenvalue weighted by Gasteiger charge is 2.42. The van der Waals surface area contributed by atoms with Crippen molar-refractivity contribution >= 4 is 18.5 Å². The van der Waals surface area contributed by atoms with Gasteiger partial charge in [0.1, 0.15) is 24.5 Å². The number of carbonyl (C=O) groups excluding carboxylic acids is 3. The number of phenolic OH excluding ortho intramolecular Hbond substituents is 1. The zero-order valence-electron chi connectivity index (χ0n) is 21.3. The lowest BCUT2D eigenvalue weighted by Gasteiger charge is -2.47. The normalized spacial score (nSPS) is 19.6. The van der Waals surface area contributed by atoms with Gasteiger partial charge in [0.05, 0.1) is 12.6 Å². The Hall–Kier alpha value is -3.07. The van der Waals surface area contributed by atoms with Crippen LogP contribution in [0.5, 0.6) is 5.75 Å². The minimum absolute atomic E-state index is 0.0408. The minimum atomic E-state index is -0.652. The summed E-state index contributed by atoms with van der Waals surface area (Å²) >= 11 is 0. The first-order chi connectivity index (χ1) is 17.3. The van der Waals surface area contributed by atoms with Gasteiger partial charge in [0.25, 0.3) is 5.91 Å². The zero-order valence-corrected chi connectivity index (χ0v) is 21.3. The van der Waals surface area contributed by atoms with Crippen molar-refractivity contribution in [3.05, 3.63) is 65.7 Å². The molecule has 36 heavy (non-hydrogen) atoms. The highest BCUT2D eigenvalue weighted by atomic mass is 16.7. The molecule has 2 aromatic rings. The van der Waals surface area contributed by atoms with Crippen molar-refractivity contribution < 1.29 is 24.3 Å². The summed E-state index contributed by atoms with van der Waals surface area (Å²) in [4.78, 5) is 46.6. The van der Waals surface area contributed by atoms with E-state index in [4.69, 9.17) is 4.84 Å². The molecule has 0 saturated carbocycles. The summed E-state index contributed by atoms with van der Waals surface area (Å²) < 4.78 is 0. The molecule has 8 nitrogen and oxygen atoms in total. The molecule has 0 bridgehead atoms. The molecule has 1 saturated heterocycles. The fourth-order valence-electron chi connectivity index (χ4n) is 4.48. The quantitative estimate of drug-likeness (QED) is 0.427. The Labute approximate surface area is 213 Å². The largest absolute Gasteiger partial charge is 0.508 e. The van der Waals surface area contributed by atoms with Gasteiger partial charge >= 0.3 is 0 Å². The maximum absolute atomic E-state index is 13.3. The standard InChI is InChI=1S/C28H37N3O5/c1-21(2)17-26-28(35)30(15-16-32)27(31(36-26)14-13-22-7-5-4-6-8-22)19-29(3)24(20-33)18-23-9-11-25(34)12-10-23/h4-12,16,20-21,24,26-27,34H,13-15,17-19H2,1-3H3. The van der Waals surface area contributed by atoms with E-state index in [1.54, 1.807) is 29.2 Å². The van der Waals surface area contributed by atoms with Crippen molar-refractivity contribution in [3.63, 3.8) is 0 Å². The van der Waals surface area contributed by atoms with Gasteiger partial charge in [-0.25, -0.2) is 0 Å². The second kappa shape index (κ2) is 13.3. The molecule has 0 aromatic heterocycles. The fourth-order valence-corrected chi connectivity index (χ4v) is 4.48. The summed E-state index contributed by atoms with van der Waals surface area (Å²) in [5.74, 6) is 0.213. The van der Waals surface area contributed by atoms with Crippen LogP contribution in [0.3, 0.4) is 0 Å². The van der Waals surface area contributed by atoms with Crippen LogP contribution in [0.4, 0.5) is 0 Å². The summed E-state index contributed by atoms with van der Waals surface area (Å²) in [6.07, 6.45) is 2.17. The molecule has 2 aromatic carbocycles. The predicted molar refractivity (Wildman–Crippen MR) is 137 cm³/mol. The van der Waals surface area contributed by atoms with Gasteiger partial charge in [0.15, 0.2) is 6.10 Å². The lowest BCUT2D eigenvalue weighted by Crippen LogP contribution is -2.65. The van der Waals surface area contributed by atoms with Gasteiger partial charge < -0.3 is 19.6 Å². The lowest BCUT2D eigenvalue weighted by molar-refractivity contribution is -0.278. The minimum Gasteiger partial charge on any atom is -0.508 e. The highest BCUT2D eigenvalue weighted by Crippen LogP contribution is 2.24. The van der Waals surface area contributed by atoms with Gasteiger partial charge in [0.2, 0.25) is 0 Å². The summed E-state index contributed by atoms with van der Waals surface area (Å²) in [5, 5.41) is 11.4. The van der Waals surface area contributed by atoms with Crippen molar-refractivity contribution in [1.82, 2.24) is 14.9 Å². The Morgan fingerprint density at radius 3 is 2.36 bits per heavy atom. The van der Waals surface area contributed by atoms with Crippen LogP contribution in [-0.2, 0) is 32.1 Å². The number of hydrogen-bond acceptors (Lipinski definition) is 7. The molecular weight excluding hydrogens is 458 g/mol. The Morgan fingerprint density at radius 1 is 1.06 bits per heavy atom. The molecule has 0 aliphatic carbocycles. The Kier molecular flexibility index (Phi) is 10.2. The van der Waals surface area contributed by atoms with E-state index in [0.29, 0.717) is 32.4 Å². The molecular formula is C28H37N3O5. The van der Waals surface area contributed by atoms with Crippen LogP contribution >= 0.6 is 0 Å².